The lowest BCUT2D eigenvalue weighted by atomic mass is 10.2. The Labute approximate surface area is 112 Å². The first-order valence-corrected chi connectivity index (χ1v) is 6.31. The van der Waals surface area contributed by atoms with Crippen molar-refractivity contribution in [1.82, 2.24) is 5.32 Å². The number of nitrogens with one attached hydrogen (secondary N) is 1. The van der Waals surface area contributed by atoms with Gasteiger partial charge in [0.2, 0.25) is 6.29 Å². The molecule has 0 radical (unpaired) electrons. The maximum atomic E-state index is 11.8. The molecule has 1 aromatic carbocycles. The predicted octanol–water partition coefficient (Wildman–Crippen LogP) is 2.36. The van der Waals surface area contributed by atoms with Crippen molar-refractivity contribution in [3.63, 3.8) is 0 Å². The van der Waals surface area contributed by atoms with Crippen molar-refractivity contribution in [3.8, 4) is 0 Å². The molecule has 0 saturated carbocycles. The third-order valence-electron chi connectivity index (χ3n) is 2.26. The van der Waals surface area contributed by atoms with Crippen LogP contribution in [0.25, 0.3) is 0 Å². The van der Waals surface area contributed by atoms with Crippen molar-refractivity contribution >= 4 is 17.5 Å². The fourth-order valence-corrected chi connectivity index (χ4v) is 1.61. The average Bonchev–Trinajstić information content (AvgIpc) is 2.37. The number of benzene rings is 1. The zero-order valence-electron chi connectivity index (χ0n) is 10.6. The van der Waals surface area contributed by atoms with Crippen molar-refractivity contribution < 1.29 is 14.3 Å². The highest BCUT2D eigenvalue weighted by molar-refractivity contribution is 6.31. The lowest BCUT2D eigenvalue weighted by molar-refractivity contribution is -0.170. The molecule has 0 aliphatic rings. The van der Waals surface area contributed by atoms with Crippen LogP contribution in [0, 0.1) is 0 Å². The molecule has 0 aliphatic carbocycles. The monoisotopic (exact) mass is 271 g/mol. The van der Waals surface area contributed by atoms with Gasteiger partial charge < -0.3 is 14.8 Å². The van der Waals surface area contributed by atoms with Crippen LogP contribution in [-0.2, 0) is 20.8 Å². The number of carbonyl (C=O) groups is 1. The molecule has 5 heteroatoms. The lowest BCUT2D eigenvalue weighted by Crippen LogP contribution is -2.38. The maximum Gasteiger partial charge on any atom is 0.277 e. The zero-order valence-corrected chi connectivity index (χ0v) is 11.4. The van der Waals surface area contributed by atoms with E-state index in [1.807, 2.05) is 32.0 Å². The first-order chi connectivity index (χ1) is 8.69. The molecular formula is C13H18ClNO3. The summed E-state index contributed by atoms with van der Waals surface area (Å²) in [6.45, 7) is 4.82. The molecule has 0 bridgehead atoms. The van der Waals surface area contributed by atoms with Gasteiger partial charge in [-0.15, -0.1) is 0 Å². The summed E-state index contributed by atoms with van der Waals surface area (Å²) in [5.41, 5.74) is 0.860. The second kappa shape index (κ2) is 8.08. The Morgan fingerprint density at radius 2 is 1.89 bits per heavy atom. The molecule has 0 unspecified atom stereocenters. The van der Waals surface area contributed by atoms with E-state index in [9.17, 15) is 4.79 Å². The van der Waals surface area contributed by atoms with Crippen LogP contribution in [0.5, 0.6) is 0 Å². The lowest BCUT2D eigenvalue weighted by Gasteiger charge is -2.16. The number of hydrogen-bond acceptors (Lipinski definition) is 3. The van der Waals surface area contributed by atoms with Gasteiger partial charge in [0, 0.05) is 24.8 Å². The minimum atomic E-state index is -0.859. The molecule has 4 nitrogen and oxygen atoms in total. The van der Waals surface area contributed by atoms with Gasteiger partial charge in [-0.1, -0.05) is 29.8 Å². The Hall–Kier alpha value is -1.10. The molecule has 18 heavy (non-hydrogen) atoms. The van der Waals surface area contributed by atoms with Crippen LogP contribution >= 0.6 is 11.6 Å². The summed E-state index contributed by atoms with van der Waals surface area (Å²) >= 11 is 6.00. The Balaban J connectivity index is 2.51. The summed E-state index contributed by atoms with van der Waals surface area (Å²) in [6.07, 6.45) is -0.859. The summed E-state index contributed by atoms with van der Waals surface area (Å²) in [5.74, 6) is -0.293. The Bertz CT molecular complexity index is 378. The van der Waals surface area contributed by atoms with Crippen LogP contribution in [0.15, 0.2) is 24.3 Å². The van der Waals surface area contributed by atoms with E-state index in [4.69, 9.17) is 21.1 Å². The van der Waals surface area contributed by atoms with E-state index in [2.05, 4.69) is 5.32 Å². The molecule has 0 fully saturated rings. The third-order valence-corrected chi connectivity index (χ3v) is 2.63. The van der Waals surface area contributed by atoms with Gasteiger partial charge >= 0.3 is 0 Å². The normalized spacial score (nSPS) is 10.7. The second-order valence-corrected chi connectivity index (χ2v) is 3.96. The third kappa shape index (κ3) is 4.64. The summed E-state index contributed by atoms with van der Waals surface area (Å²) in [6, 6.07) is 7.36. The van der Waals surface area contributed by atoms with Crippen molar-refractivity contribution in [2.45, 2.75) is 26.7 Å². The van der Waals surface area contributed by atoms with Crippen molar-refractivity contribution in [3.05, 3.63) is 34.9 Å². The highest BCUT2D eigenvalue weighted by Gasteiger charge is 2.18. The maximum absolute atomic E-state index is 11.8. The summed E-state index contributed by atoms with van der Waals surface area (Å²) in [7, 11) is 0. The topological polar surface area (TPSA) is 47.6 Å². The van der Waals surface area contributed by atoms with Crippen LogP contribution in [0.2, 0.25) is 5.02 Å². The Morgan fingerprint density at radius 1 is 1.28 bits per heavy atom. The minimum Gasteiger partial charge on any atom is -0.348 e. The molecule has 0 heterocycles. The van der Waals surface area contributed by atoms with E-state index in [1.54, 1.807) is 6.07 Å². The highest BCUT2D eigenvalue weighted by atomic mass is 35.5. The van der Waals surface area contributed by atoms with E-state index in [0.717, 1.165) is 5.56 Å². The predicted molar refractivity (Wildman–Crippen MR) is 70.3 cm³/mol. The number of carbonyl (C=O) groups excluding carboxylic acids is 1. The number of halogens is 1. The molecule has 1 aromatic rings. The van der Waals surface area contributed by atoms with Crippen LogP contribution in [-0.4, -0.2) is 25.4 Å². The molecular weight excluding hydrogens is 254 g/mol. The SMILES string of the molecule is CCOC(OCC)C(=O)NCc1ccccc1Cl. The molecule has 0 saturated heterocycles. The number of hydrogen-bond donors (Lipinski definition) is 1. The van der Waals surface area contributed by atoms with Gasteiger partial charge in [0.1, 0.15) is 0 Å². The van der Waals surface area contributed by atoms with E-state index in [-0.39, 0.29) is 5.91 Å². The molecule has 1 amide bonds. The van der Waals surface area contributed by atoms with Crippen LogP contribution in [0.1, 0.15) is 19.4 Å². The Kier molecular flexibility index (Phi) is 6.72. The molecule has 100 valence electrons. The molecule has 0 spiro atoms. The average molecular weight is 272 g/mol. The molecule has 0 aliphatic heterocycles. The van der Waals surface area contributed by atoms with Gasteiger partial charge in [0.15, 0.2) is 0 Å². The van der Waals surface area contributed by atoms with Gasteiger partial charge in [0.05, 0.1) is 0 Å². The van der Waals surface area contributed by atoms with Crippen molar-refractivity contribution in [1.29, 1.82) is 0 Å². The minimum absolute atomic E-state index is 0.293. The molecule has 0 atom stereocenters. The summed E-state index contributed by atoms with van der Waals surface area (Å²) in [5, 5.41) is 3.36. The van der Waals surface area contributed by atoms with E-state index in [0.29, 0.717) is 24.8 Å². The van der Waals surface area contributed by atoms with Gasteiger partial charge in [-0.3, -0.25) is 4.79 Å². The Morgan fingerprint density at radius 3 is 2.44 bits per heavy atom. The number of ether oxygens (including phenoxy) is 2. The van der Waals surface area contributed by atoms with Gasteiger partial charge in [0.25, 0.3) is 5.91 Å². The number of amides is 1. The van der Waals surface area contributed by atoms with Gasteiger partial charge in [-0.25, -0.2) is 0 Å². The smallest absolute Gasteiger partial charge is 0.277 e. The largest absolute Gasteiger partial charge is 0.348 e. The fraction of sp³-hybridized carbons (Fsp3) is 0.462. The first kappa shape index (κ1) is 15.0. The molecule has 1 N–H and O–H groups in total. The second-order valence-electron chi connectivity index (χ2n) is 3.55. The van der Waals surface area contributed by atoms with E-state index < -0.39 is 6.29 Å². The van der Waals surface area contributed by atoms with Crippen LogP contribution < -0.4 is 5.32 Å². The quantitative estimate of drug-likeness (QED) is 0.775. The highest BCUT2D eigenvalue weighted by Crippen LogP contribution is 2.14. The van der Waals surface area contributed by atoms with E-state index in [1.165, 1.54) is 0 Å². The van der Waals surface area contributed by atoms with Crippen molar-refractivity contribution in [2.24, 2.45) is 0 Å². The van der Waals surface area contributed by atoms with Crippen molar-refractivity contribution in [2.75, 3.05) is 13.2 Å². The van der Waals surface area contributed by atoms with Crippen LogP contribution in [0.4, 0.5) is 0 Å². The molecule has 0 aromatic heterocycles. The van der Waals surface area contributed by atoms with Gasteiger partial charge in [-0.05, 0) is 25.5 Å². The molecule has 1 rings (SSSR count). The van der Waals surface area contributed by atoms with Crippen LogP contribution in [0.3, 0.4) is 0 Å². The fourth-order valence-electron chi connectivity index (χ4n) is 1.41. The summed E-state index contributed by atoms with van der Waals surface area (Å²) < 4.78 is 10.4. The number of rotatable bonds is 7. The van der Waals surface area contributed by atoms with E-state index >= 15 is 0 Å². The van der Waals surface area contributed by atoms with Gasteiger partial charge in [-0.2, -0.15) is 0 Å². The standard InChI is InChI=1S/C13H18ClNO3/c1-3-17-13(18-4-2)12(16)15-9-10-7-5-6-8-11(10)14/h5-8,13H,3-4,9H2,1-2H3,(H,15,16). The zero-order chi connectivity index (χ0) is 13.4. The summed E-state index contributed by atoms with van der Waals surface area (Å²) in [4.78, 5) is 11.8. The first-order valence-electron chi connectivity index (χ1n) is 5.93.